The van der Waals surface area contributed by atoms with E-state index in [0.717, 1.165) is 23.5 Å². The van der Waals surface area contributed by atoms with Crippen molar-refractivity contribution >= 4 is 23.2 Å². The highest BCUT2D eigenvalue weighted by Gasteiger charge is 2.24. The third-order valence-electron chi connectivity index (χ3n) is 4.20. The van der Waals surface area contributed by atoms with Crippen LogP contribution in [0.25, 0.3) is 5.65 Å². The number of carbonyl (C=O) groups is 1. The average Bonchev–Trinajstić information content (AvgIpc) is 2.99. The first kappa shape index (κ1) is 15.0. The van der Waals surface area contributed by atoms with Crippen molar-refractivity contribution in [3.05, 3.63) is 65.1 Å². The first-order valence-corrected chi connectivity index (χ1v) is 8.19. The van der Waals surface area contributed by atoms with Crippen LogP contribution in [0, 0.1) is 0 Å². The summed E-state index contributed by atoms with van der Waals surface area (Å²) in [6.45, 7) is 1.25. The van der Waals surface area contributed by atoms with Crippen molar-refractivity contribution < 1.29 is 9.53 Å². The summed E-state index contributed by atoms with van der Waals surface area (Å²) in [4.78, 5) is 18.9. The highest BCUT2D eigenvalue weighted by Crippen LogP contribution is 2.21. The highest BCUT2D eigenvalue weighted by atomic mass is 35.5. The predicted molar refractivity (Wildman–Crippen MR) is 91.3 cm³/mol. The van der Waals surface area contributed by atoms with Gasteiger partial charge in [-0.05, 0) is 36.4 Å². The molecule has 0 saturated carbocycles. The molecule has 0 N–H and O–H groups in total. The average molecular weight is 342 g/mol. The Morgan fingerprint density at radius 2 is 2.04 bits per heavy atom. The van der Waals surface area contributed by atoms with Gasteiger partial charge in [-0.3, -0.25) is 4.79 Å². The quantitative estimate of drug-likeness (QED) is 0.736. The van der Waals surface area contributed by atoms with E-state index in [4.69, 9.17) is 16.3 Å². The van der Waals surface area contributed by atoms with Crippen LogP contribution in [0.1, 0.15) is 11.4 Å². The van der Waals surface area contributed by atoms with Gasteiger partial charge in [-0.15, -0.1) is 0 Å². The fourth-order valence-corrected chi connectivity index (χ4v) is 3.07. The number of amides is 1. The zero-order valence-electron chi connectivity index (χ0n) is 13.0. The number of ether oxygens (including phenoxy) is 1. The number of fused-ring (bicyclic) bond motifs is 3. The number of imidazole rings is 1. The molecule has 1 aliphatic rings. The predicted octanol–water partition coefficient (Wildman–Crippen LogP) is 2.95. The fourth-order valence-electron chi connectivity index (χ4n) is 2.94. The van der Waals surface area contributed by atoms with Crippen LogP contribution in [0.5, 0.6) is 5.75 Å². The van der Waals surface area contributed by atoms with Gasteiger partial charge < -0.3 is 14.0 Å². The van der Waals surface area contributed by atoms with E-state index in [1.54, 1.807) is 24.3 Å². The van der Waals surface area contributed by atoms with Gasteiger partial charge in [0.1, 0.15) is 11.4 Å². The van der Waals surface area contributed by atoms with E-state index in [1.807, 2.05) is 29.3 Å². The summed E-state index contributed by atoms with van der Waals surface area (Å²) in [5, 5.41) is 0.643. The smallest absolute Gasteiger partial charge is 0.260 e. The molecular formula is C18H16ClN3O2. The minimum absolute atomic E-state index is 0.0215. The molecule has 3 heterocycles. The van der Waals surface area contributed by atoms with Crippen LogP contribution in [0.2, 0.25) is 5.02 Å². The topological polar surface area (TPSA) is 46.8 Å². The number of aromatic nitrogens is 2. The summed E-state index contributed by atoms with van der Waals surface area (Å²) in [5.41, 5.74) is 3.08. The second kappa shape index (κ2) is 6.17. The van der Waals surface area contributed by atoms with E-state index in [0.29, 0.717) is 23.9 Å². The van der Waals surface area contributed by atoms with Crippen LogP contribution in [0.15, 0.2) is 48.7 Å². The first-order chi connectivity index (χ1) is 11.7. The van der Waals surface area contributed by atoms with Gasteiger partial charge in [0.2, 0.25) is 0 Å². The maximum atomic E-state index is 12.5. The molecule has 5 nitrogen and oxygen atoms in total. The molecule has 0 saturated heterocycles. The summed E-state index contributed by atoms with van der Waals surface area (Å²) >= 11 is 5.84. The monoisotopic (exact) mass is 341 g/mol. The van der Waals surface area contributed by atoms with Crippen LogP contribution >= 0.6 is 11.6 Å². The summed E-state index contributed by atoms with van der Waals surface area (Å²) in [6, 6.07) is 12.9. The Balaban J connectivity index is 1.45. The molecule has 0 unspecified atom stereocenters. The molecule has 2 aromatic heterocycles. The minimum atomic E-state index is -0.0264. The second-order valence-corrected chi connectivity index (χ2v) is 6.18. The number of carbonyl (C=O) groups excluding carboxylic acids is 1. The van der Waals surface area contributed by atoms with Crippen LogP contribution in [0.4, 0.5) is 0 Å². The fraction of sp³-hybridized carbons (Fsp3) is 0.222. The molecule has 4 rings (SSSR count). The number of hydrogen-bond acceptors (Lipinski definition) is 3. The lowest BCUT2D eigenvalue weighted by molar-refractivity contribution is -0.134. The van der Waals surface area contributed by atoms with Crippen molar-refractivity contribution in [3.63, 3.8) is 0 Å². The third kappa shape index (κ3) is 2.83. The van der Waals surface area contributed by atoms with E-state index < -0.39 is 0 Å². The molecule has 0 aliphatic carbocycles. The van der Waals surface area contributed by atoms with Gasteiger partial charge in [0.15, 0.2) is 6.61 Å². The van der Waals surface area contributed by atoms with Crippen molar-refractivity contribution in [1.82, 2.24) is 14.3 Å². The third-order valence-corrected chi connectivity index (χ3v) is 4.45. The zero-order valence-corrected chi connectivity index (χ0v) is 13.7. The molecule has 0 fully saturated rings. The van der Waals surface area contributed by atoms with E-state index in [1.165, 1.54) is 0 Å². The van der Waals surface area contributed by atoms with E-state index in [9.17, 15) is 4.79 Å². The Kier molecular flexibility index (Phi) is 3.86. The molecule has 0 bridgehead atoms. The normalized spacial score (nSPS) is 13.8. The van der Waals surface area contributed by atoms with E-state index in [2.05, 4.69) is 9.38 Å². The van der Waals surface area contributed by atoms with Gasteiger partial charge in [-0.2, -0.15) is 0 Å². The number of rotatable bonds is 3. The molecule has 0 radical (unpaired) electrons. The van der Waals surface area contributed by atoms with Crippen LogP contribution in [-0.2, 0) is 17.8 Å². The summed E-state index contributed by atoms with van der Waals surface area (Å²) < 4.78 is 7.61. The van der Waals surface area contributed by atoms with Crippen molar-refractivity contribution in [2.75, 3.05) is 13.2 Å². The molecule has 6 heteroatoms. The SMILES string of the molecule is O=C(COc1ccc(Cl)cc1)N1CCc2nc3ccccn3c2C1. The van der Waals surface area contributed by atoms with Crippen molar-refractivity contribution in [2.45, 2.75) is 13.0 Å². The summed E-state index contributed by atoms with van der Waals surface area (Å²) in [5.74, 6) is 0.613. The Morgan fingerprint density at radius 3 is 2.88 bits per heavy atom. The molecule has 3 aromatic rings. The lowest BCUT2D eigenvalue weighted by atomic mass is 10.1. The number of benzene rings is 1. The first-order valence-electron chi connectivity index (χ1n) is 7.82. The van der Waals surface area contributed by atoms with E-state index in [-0.39, 0.29) is 12.5 Å². The second-order valence-electron chi connectivity index (χ2n) is 5.74. The van der Waals surface area contributed by atoms with Gasteiger partial charge >= 0.3 is 0 Å². The number of hydrogen-bond donors (Lipinski definition) is 0. The maximum Gasteiger partial charge on any atom is 0.260 e. The van der Waals surface area contributed by atoms with Gasteiger partial charge in [-0.1, -0.05) is 17.7 Å². The maximum absolute atomic E-state index is 12.5. The zero-order chi connectivity index (χ0) is 16.5. The molecule has 122 valence electrons. The summed E-state index contributed by atoms with van der Waals surface area (Å²) in [7, 11) is 0. The Morgan fingerprint density at radius 1 is 1.21 bits per heavy atom. The van der Waals surface area contributed by atoms with Crippen molar-refractivity contribution in [1.29, 1.82) is 0 Å². The molecule has 0 atom stereocenters. The van der Waals surface area contributed by atoms with Crippen molar-refractivity contribution in [2.24, 2.45) is 0 Å². The molecule has 1 aliphatic heterocycles. The molecular weight excluding hydrogens is 326 g/mol. The lowest BCUT2D eigenvalue weighted by Gasteiger charge is -2.26. The van der Waals surface area contributed by atoms with Gasteiger partial charge in [0.05, 0.1) is 17.9 Å². The summed E-state index contributed by atoms with van der Waals surface area (Å²) in [6.07, 6.45) is 2.75. The van der Waals surface area contributed by atoms with Crippen molar-refractivity contribution in [3.8, 4) is 5.75 Å². The van der Waals surface area contributed by atoms with Crippen LogP contribution < -0.4 is 4.74 Å². The van der Waals surface area contributed by atoms with Crippen LogP contribution in [0.3, 0.4) is 0 Å². The van der Waals surface area contributed by atoms with Gasteiger partial charge in [-0.25, -0.2) is 4.98 Å². The van der Waals surface area contributed by atoms with E-state index >= 15 is 0 Å². The molecule has 1 amide bonds. The highest BCUT2D eigenvalue weighted by molar-refractivity contribution is 6.30. The van der Waals surface area contributed by atoms with Gasteiger partial charge in [0, 0.05) is 24.2 Å². The van der Waals surface area contributed by atoms with Crippen LogP contribution in [-0.4, -0.2) is 33.3 Å². The Labute approximate surface area is 144 Å². The molecule has 24 heavy (non-hydrogen) atoms. The number of nitrogens with zero attached hydrogens (tertiary/aromatic N) is 3. The Hall–Kier alpha value is -2.53. The van der Waals surface area contributed by atoms with Gasteiger partial charge in [0.25, 0.3) is 5.91 Å². The standard InChI is InChI=1S/C18H16ClN3O2/c19-13-4-6-14(7-5-13)24-12-18(23)21-10-8-15-16(11-21)22-9-2-1-3-17(22)20-15/h1-7,9H,8,10-12H2. The largest absolute Gasteiger partial charge is 0.484 e. The molecule has 0 spiro atoms. The molecule has 1 aromatic carbocycles. The number of pyridine rings is 1. The lowest BCUT2D eigenvalue weighted by Crippen LogP contribution is -2.39. The minimum Gasteiger partial charge on any atom is -0.484 e. The Bertz CT molecular complexity index is 889. The number of halogens is 1.